The second kappa shape index (κ2) is 2.84. The standard InChI is InChI=1S/C7H13NO/c1-4-6(9)7(2,3)5-8/h6,9H,4H2,1-3H3/t6-/m0/s1. The summed E-state index contributed by atoms with van der Waals surface area (Å²) in [5.74, 6) is 0. The molecule has 0 amide bonds. The summed E-state index contributed by atoms with van der Waals surface area (Å²) in [6.07, 6.45) is 0.142. The van der Waals surface area contributed by atoms with E-state index in [2.05, 4.69) is 0 Å². The van der Waals surface area contributed by atoms with E-state index in [9.17, 15) is 0 Å². The molecule has 0 fully saturated rings. The Labute approximate surface area is 56.1 Å². The molecule has 52 valence electrons. The molecule has 0 rings (SSSR count). The molecule has 0 saturated carbocycles. The van der Waals surface area contributed by atoms with Crippen LogP contribution < -0.4 is 0 Å². The molecule has 1 N–H and O–H groups in total. The molecular formula is C7H13NO. The van der Waals surface area contributed by atoms with Crippen molar-refractivity contribution in [3.63, 3.8) is 0 Å². The van der Waals surface area contributed by atoms with E-state index < -0.39 is 11.5 Å². The summed E-state index contributed by atoms with van der Waals surface area (Å²) in [4.78, 5) is 0. The Kier molecular flexibility index (Phi) is 2.66. The van der Waals surface area contributed by atoms with Gasteiger partial charge < -0.3 is 5.11 Å². The Morgan fingerprint density at radius 1 is 1.67 bits per heavy atom. The van der Waals surface area contributed by atoms with Crippen molar-refractivity contribution in [2.45, 2.75) is 33.3 Å². The predicted octanol–water partition coefficient (Wildman–Crippen LogP) is 1.31. The molecule has 0 unspecified atom stereocenters. The van der Waals surface area contributed by atoms with Gasteiger partial charge >= 0.3 is 0 Å². The maximum Gasteiger partial charge on any atom is 0.0776 e. The van der Waals surface area contributed by atoms with Crippen LogP contribution in [0, 0.1) is 16.7 Å². The molecule has 0 radical (unpaired) electrons. The third-order valence-electron chi connectivity index (χ3n) is 1.51. The zero-order chi connectivity index (χ0) is 7.49. The number of aliphatic hydroxyl groups excluding tert-OH is 1. The highest BCUT2D eigenvalue weighted by Gasteiger charge is 2.25. The van der Waals surface area contributed by atoms with Crippen molar-refractivity contribution in [1.82, 2.24) is 0 Å². The number of rotatable bonds is 2. The summed E-state index contributed by atoms with van der Waals surface area (Å²) in [5.41, 5.74) is -0.589. The Morgan fingerprint density at radius 3 is 2.22 bits per heavy atom. The van der Waals surface area contributed by atoms with E-state index in [-0.39, 0.29) is 0 Å². The van der Waals surface area contributed by atoms with E-state index in [1.165, 1.54) is 0 Å². The zero-order valence-electron chi connectivity index (χ0n) is 6.18. The minimum Gasteiger partial charge on any atom is -0.392 e. The summed E-state index contributed by atoms with van der Waals surface area (Å²) < 4.78 is 0. The average Bonchev–Trinajstić information content (AvgIpc) is 1.86. The first kappa shape index (κ1) is 8.45. The molecule has 0 aliphatic heterocycles. The molecule has 0 spiro atoms. The van der Waals surface area contributed by atoms with Crippen LogP contribution in [0.1, 0.15) is 27.2 Å². The molecule has 2 nitrogen and oxygen atoms in total. The molecule has 9 heavy (non-hydrogen) atoms. The van der Waals surface area contributed by atoms with Crippen LogP contribution in [0.25, 0.3) is 0 Å². The first-order chi connectivity index (χ1) is 4.04. The van der Waals surface area contributed by atoms with Crippen LogP contribution in [0.2, 0.25) is 0 Å². The molecule has 2 heteroatoms. The van der Waals surface area contributed by atoms with Gasteiger partial charge in [0, 0.05) is 0 Å². The minimum atomic E-state index is -0.589. The Balaban J connectivity index is 4.01. The van der Waals surface area contributed by atoms with Crippen molar-refractivity contribution in [3.05, 3.63) is 0 Å². The van der Waals surface area contributed by atoms with Crippen molar-refractivity contribution in [1.29, 1.82) is 5.26 Å². The number of aliphatic hydroxyl groups is 1. The maximum absolute atomic E-state index is 9.16. The number of nitrogens with zero attached hydrogens (tertiary/aromatic N) is 1. The van der Waals surface area contributed by atoms with Gasteiger partial charge in [-0.3, -0.25) is 0 Å². The highest BCUT2D eigenvalue weighted by atomic mass is 16.3. The zero-order valence-corrected chi connectivity index (χ0v) is 6.18. The summed E-state index contributed by atoms with van der Waals surface area (Å²) >= 11 is 0. The molecule has 0 heterocycles. The molecular weight excluding hydrogens is 114 g/mol. The highest BCUT2D eigenvalue weighted by molar-refractivity contribution is 4.96. The first-order valence-corrected chi connectivity index (χ1v) is 3.14. The summed E-state index contributed by atoms with van der Waals surface area (Å²) in [5, 5.41) is 17.6. The summed E-state index contributed by atoms with van der Waals surface area (Å²) in [6, 6.07) is 2.04. The van der Waals surface area contributed by atoms with Gasteiger partial charge in [-0.05, 0) is 20.3 Å². The quantitative estimate of drug-likeness (QED) is 0.607. The topological polar surface area (TPSA) is 44.0 Å². The van der Waals surface area contributed by atoms with Gasteiger partial charge in [0.15, 0.2) is 0 Å². The van der Waals surface area contributed by atoms with Gasteiger partial charge in [-0.2, -0.15) is 5.26 Å². The molecule has 0 bridgehead atoms. The minimum absolute atomic E-state index is 0.498. The molecule has 0 aromatic carbocycles. The van der Waals surface area contributed by atoms with Crippen molar-refractivity contribution < 1.29 is 5.11 Å². The van der Waals surface area contributed by atoms with Crippen LogP contribution in [-0.4, -0.2) is 11.2 Å². The van der Waals surface area contributed by atoms with Crippen LogP contribution in [0.5, 0.6) is 0 Å². The van der Waals surface area contributed by atoms with E-state index >= 15 is 0 Å². The van der Waals surface area contributed by atoms with Crippen LogP contribution >= 0.6 is 0 Å². The second-order valence-corrected chi connectivity index (χ2v) is 2.76. The lowest BCUT2D eigenvalue weighted by molar-refractivity contribution is 0.0831. The van der Waals surface area contributed by atoms with Gasteiger partial charge in [0.25, 0.3) is 0 Å². The van der Waals surface area contributed by atoms with Gasteiger partial charge in [-0.15, -0.1) is 0 Å². The fraction of sp³-hybridized carbons (Fsp3) is 0.857. The van der Waals surface area contributed by atoms with Gasteiger partial charge in [-0.1, -0.05) is 6.92 Å². The molecule has 0 aromatic rings. The third-order valence-corrected chi connectivity index (χ3v) is 1.51. The third kappa shape index (κ3) is 2.03. The van der Waals surface area contributed by atoms with Crippen LogP contribution in [-0.2, 0) is 0 Å². The van der Waals surface area contributed by atoms with Crippen molar-refractivity contribution in [3.8, 4) is 6.07 Å². The lowest BCUT2D eigenvalue weighted by Gasteiger charge is -2.20. The fourth-order valence-corrected chi connectivity index (χ4v) is 0.585. The van der Waals surface area contributed by atoms with Crippen LogP contribution in [0.4, 0.5) is 0 Å². The number of nitriles is 1. The molecule has 0 saturated heterocycles. The van der Waals surface area contributed by atoms with Gasteiger partial charge in [0.1, 0.15) is 0 Å². The maximum atomic E-state index is 9.16. The normalized spacial score (nSPS) is 14.6. The first-order valence-electron chi connectivity index (χ1n) is 3.14. The van der Waals surface area contributed by atoms with Crippen molar-refractivity contribution in [2.75, 3.05) is 0 Å². The Bertz CT molecular complexity index is 123. The van der Waals surface area contributed by atoms with Gasteiger partial charge in [0.05, 0.1) is 17.6 Å². The van der Waals surface area contributed by atoms with Crippen LogP contribution in [0.15, 0.2) is 0 Å². The predicted molar refractivity (Wildman–Crippen MR) is 35.7 cm³/mol. The lowest BCUT2D eigenvalue weighted by atomic mass is 9.87. The SMILES string of the molecule is CC[C@H](O)C(C)(C)C#N. The second-order valence-electron chi connectivity index (χ2n) is 2.76. The van der Waals surface area contributed by atoms with E-state index in [1.807, 2.05) is 13.0 Å². The lowest BCUT2D eigenvalue weighted by Crippen LogP contribution is -2.26. The summed E-state index contributed by atoms with van der Waals surface area (Å²) in [6.45, 7) is 5.34. The molecule has 1 atom stereocenters. The highest BCUT2D eigenvalue weighted by Crippen LogP contribution is 2.20. The largest absolute Gasteiger partial charge is 0.392 e. The van der Waals surface area contributed by atoms with Crippen molar-refractivity contribution >= 4 is 0 Å². The van der Waals surface area contributed by atoms with E-state index in [1.54, 1.807) is 13.8 Å². The smallest absolute Gasteiger partial charge is 0.0776 e. The Hall–Kier alpha value is -0.550. The fourth-order valence-electron chi connectivity index (χ4n) is 0.585. The summed E-state index contributed by atoms with van der Waals surface area (Å²) in [7, 11) is 0. The van der Waals surface area contributed by atoms with Gasteiger partial charge in [0.2, 0.25) is 0 Å². The average molecular weight is 127 g/mol. The number of hydrogen-bond donors (Lipinski definition) is 1. The van der Waals surface area contributed by atoms with Gasteiger partial charge in [-0.25, -0.2) is 0 Å². The monoisotopic (exact) mass is 127 g/mol. The van der Waals surface area contributed by atoms with E-state index in [4.69, 9.17) is 10.4 Å². The molecule has 0 aromatic heterocycles. The van der Waals surface area contributed by atoms with E-state index in [0.717, 1.165) is 0 Å². The van der Waals surface area contributed by atoms with Crippen molar-refractivity contribution in [2.24, 2.45) is 5.41 Å². The molecule has 0 aliphatic carbocycles. The number of hydrogen-bond acceptors (Lipinski definition) is 2. The Morgan fingerprint density at radius 2 is 2.11 bits per heavy atom. The van der Waals surface area contributed by atoms with E-state index in [0.29, 0.717) is 6.42 Å². The van der Waals surface area contributed by atoms with Crippen LogP contribution in [0.3, 0.4) is 0 Å². The molecule has 0 aliphatic rings.